The second-order valence-corrected chi connectivity index (χ2v) is 7.69. The van der Waals surface area contributed by atoms with Crippen LogP contribution in [0.15, 0.2) is 94.1 Å². The van der Waals surface area contributed by atoms with Crippen molar-refractivity contribution in [1.29, 1.82) is 5.26 Å². The molecule has 1 unspecified atom stereocenters. The summed E-state index contributed by atoms with van der Waals surface area (Å²) < 4.78 is 5.74. The Morgan fingerprint density at radius 3 is 2.35 bits per heavy atom. The molecule has 6 rings (SSSR count). The summed E-state index contributed by atoms with van der Waals surface area (Å²) in [6, 6.07) is 29.1. The molecular formula is C27H16N2O2. The quantitative estimate of drug-likeness (QED) is 0.351. The van der Waals surface area contributed by atoms with Crippen molar-refractivity contribution in [1.82, 2.24) is 0 Å². The van der Waals surface area contributed by atoms with E-state index in [0.29, 0.717) is 16.7 Å². The Kier molecular flexibility index (Phi) is 3.71. The van der Waals surface area contributed by atoms with Crippen LogP contribution in [0.2, 0.25) is 0 Å². The molecule has 1 aliphatic heterocycles. The van der Waals surface area contributed by atoms with Gasteiger partial charge in [-0.3, -0.25) is 0 Å². The summed E-state index contributed by atoms with van der Waals surface area (Å²) in [5.74, 6) is 0. The molecule has 1 aliphatic rings. The first kappa shape index (κ1) is 17.5. The first-order chi connectivity index (χ1) is 15.2. The molecule has 146 valence electrons. The molecule has 4 heteroatoms. The molecule has 1 aromatic heterocycles. The summed E-state index contributed by atoms with van der Waals surface area (Å²) in [6.07, 6.45) is 0. The lowest BCUT2D eigenvalue weighted by molar-refractivity contribution is 0.547. The van der Waals surface area contributed by atoms with Gasteiger partial charge in [-0.2, -0.15) is 5.26 Å². The van der Waals surface area contributed by atoms with E-state index in [2.05, 4.69) is 35.7 Å². The minimum absolute atomic E-state index is 0.353. The lowest BCUT2D eigenvalue weighted by Gasteiger charge is -2.30. The summed E-state index contributed by atoms with van der Waals surface area (Å²) in [5.41, 5.74) is 5.19. The van der Waals surface area contributed by atoms with Gasteiger partial charge < -0.3 is 9.73 Å². The third-order valence-corrected chi connectivity index (χ3v) is 5.99. The molecular weight excluding hydrogens is 384 g/mol. The predicted octanol–water partition coefficient (Wildman–Crippen LogP) is 6.00. The van der Waals surface area contributed by atoms with Crippen LogP contribution in [0.1, 0.15) is 22.7 Å². The first-order valence-corrected chi connectivity index (χ1v) is 10.1. The molecule has 0 saturated heterocycles. The van der Waals surface area contributed by atoms with Crippen LogP contribution >= 0.6 is 0 Å². The van der Waals surface area contributed by atoms with Crippen molar-refractivity contribution in [3.63, 3.8) is 0 Å². The zero-order chi connectivity index (χ0) is 20.9. The number of nitrogens with one attached hydrogen (secondary N) is 1. The Bertz CT molecular complexity index is 1590. The van der Waals surface area contributed by atoms with Crippen molar-refractivity contribution in [2.45, 2.75) is 6.04 Å². The van der Waals surface area contributed by atoms with Crippen molar-refractivity contribution in [3.05, 3.63) is 112 Å². The number of hydrogen-bond donors (Lipinski definition) is 1. The maximum atomic E-state index is 13.3. The SMILES string of the molecule is N#Cc1ccc(C2Nc3ccc4ccccc4c3-c3c2c(=O)oc2ccccc32)cc1. The normalized spacial score (nSPS) is 14.5. The Morgan fingerprint density at radius 2 is 1.55 bits per heavy atom. The van der Waals surface area contributed by atoms with Gasteiger partial charge in [-0.05, 0) is 40.6 Å². The minimum Gasteiger partial charge on any atom is -0.422 e. The van der Waals surface area contributed by atoms with E-state index in [1.54, 1.807) is 12.1 Å². The number of hydrogen-bond acceptors (Lipinski definition) is 4. The van der Waals surface area contributed by atoms with E-state index in [1.807, 2.05) is 48.5 Å². The lowest BCUT2D eigenvalue weighted by Crippen LogP contribution is -2.25. The van der Waals surface area contributed by atoms with E-state index < -0.39 is 0 Å². The number of anilines is 1. The Morgan fingerprint density at radius 1 is 0.806 bits per heavy atom. The Labute approximate surface area is 178 Å². The second-order valence-electron chi connectivity index (χ2n) is 7.69. The van der Waals surface area contributed by atoms with E-state index in [1.165, 1.54) is 0 Å². The van der Waals surface area contributed by atoms with Gasteiger partial charge in [0.15, 0.2) is 0 Å². The van der Waals surface area contributed by atoms with E-state index in [9.17, 15) is 4.79 Å². The summed E-state index contributed by atoms with van der Waals surface area (Å²) in [6.45, 7) is 0. The third kappa shape index (κ3) is 2.57. The largest absolute Gasteiger partial charge is 0.422 e. The maximum Gasteiger partial charge on any atom is 0.342 e. The smallest absolute Gasteiger partial charge is 0.342 e. The van der Waals surface area contributed by atoms with Gasteiger partial charge in [-0.25, -0.2) is 4.79 Å². The van der Waals surface area contributed by atoms with Gasteiger partial charge in [0.1, 0.15) is 5.58 Å². The van der Waals surface area contributed by atoms with Crippen LogP contribution in [0.3, 0.4) is 0 Å². The molecule has 0 fully saturated rings. The van der Waals surface area contributed by atoms with Gasteiger partial charge in [0, 0.05) is 22.2 Å². The average molecular weight is 400 g/mol. The van der Waals surface area contributed by atoms with Crippen LogP contribution in [-0.2, 0) is 0 Å². The zero-order valence-electron chi connectivity index (χ0n) is 16.4. The molecule has 2 heterocycles. The molecule has 0 bridgehead atoms. The van der Waals surface area contributed by atoms with Crippen LogP contribution in [0.4, 0.5) is 5.69 Å². The van der Waals surface area contributed by atoms with Crippen LogP contribution in [-0.4, -0.2) is 0 Å². The van der Waals surface area contributed by atoms with Gasteiger partial charge in [0.05, 0.1) is 23.2 Å². The van der Waals surface area contributed by atoms with Crippen molar-refractivity contribution < 1.29 is 4.42 Å². The standard InChI is InChI=1S/C27H16N2O2/c28-15-16-9-11-18(12-10-16)26-25-24(20-7-3-4-8-22(20)31-27(25)30)23-19-6-2-1-5-17(19)13-14-21(23)29-26/h1-14,26,29H. The number of benzene rings is 4. The molecule has 5 aromatic rings. The average Bonchev–Trinajstić information content (AvgIpc) is 2.83. The summed E-state index contributed by atoms with van der Waals surface area (Å²) in [4.78, 5) is 13.3. The highest BCUT2D eigenvalue weighted by Crippen LogP contribution is 2.47. The molecule has 4 aromatic carbocycles. The number of nitrogens with zero attached hydrogens (tertiary/aromatic N) is 1. The molecule has 4 nitrogen and oxygen atoms in total. The van der Waals surface area contributed by atoms with E-state index in [0.717, 1.165) is 38.5 Å². The maximum absolute atomic E-state index is 13.3. The zero-order valence-corrected chi connectivity index (χ0v) is 16.4. The molecule has 0 aliphatic carbocycles. The molecule has 0 saturated carbocycles. The molecule has 1 atom stereocenters. The molecule has 0 amide bonds. The van der Waals surface area contributed by atoms with Gasteiger partial charge in [-0.15, -0.1) is 0 Å². The Hall–Kier alpha value is -4.36. The lowest BCUT2D eigenvalue weighted by atomic mass is 9.83. The highest BCUT2D eigenvalue weighted by atomic mass is 16.4. The summed E-state index contributed by atoms with van der Waals surface area (Å²) in [5, 5.41) is 15.8. The van der Waals surface area contributed by atoms with Crippen LogP contribution in [0.25, 0.3) is 32.9 Å². The third-order valence-electron chi connectivity index (χ3n) is 5.99. The topological polar surface area (TPSA) is 66.0 Å². The number of rotatable bonds is 1. The number of fused-ring (bicyclic) bond motifs is 7. The highest BCUT2D eigenvalue weighted by molar-refractivity contribution is 6.11. The van der Waals surface area contributed by atoms with Crippen molar-refractivity contribution in [2.24, 2.45) is 0 Å². The first-order valence-electron chi connectivity index (χ1n) is 10.1. The number of nitriles is 1. The van der Waals surface area contributed by atoms with E-state index in [4.69, 9.17) is 9.68 Å². The van der Waals surface area contributed by atoms with Gasteiger partial charge >= 0.3 is 5.63 Å². The monoisotopic (exact) mass is 400 g/mol. The highest BCUT2D eigenvalue weighted by Gasteiger charge is 2.32. The van der Waals surface area contributed by atoms with Gasteiger partial charge in [0.25, 0.3) is 0 Å². The second kappa shape index (κ2) is 6.58. The Balaban J connectivity index is 1.74. The van der Waals surface area contributed by atoms with E-state index >= 15 is 0 Å². The summed E-state index contributed by atoms with van der Waals surface area (Å²) >= 11 is 0. The molecule has 1 N–H and O–H groups in total. The predicted molar refractivity (Wildman–Crippen MR) is 122 cm³/mol. The summed E-state index contributed by atoms with van der Waals surface area (Å²) in [7, 11) is 0. The fourth-order valence-electron chi connectivity index (χ4n) is 4.58. The fourth-order valence-corrected chi connectivity index (χ4v) is 4.58. The van der Waals surface area contributed by atoms with Crippen molar-refractivity contribution in [3.8, 4) is 17.2 Å². The van der Waals surface area contributed by atoms with Crippen molar-refractivity contribution in [2.75, 3.05) is 5.32 Å². The molecule has 31 heavy (non-hydrogen) atoms. The van der Waals surface area contributed by atoms with Gasteiger partial charge in [-0.1, -0.05) is 60.7 Å². The van der Waals surface area contributed by atoms with E-state index in [-0.39, 0.29) is 11.7 Å². The number of para-hydroxylation sites is 1. The molecule has 0 radical (unpaired) electrons. The minimum atomic E-state index is -0.378. The van der Waals surface area contributed by atoms with Crippen LogP contribution in [0.5, 0.6) is 0 Å². The fraction of sp³-hybridized carbons (Fsp3) is 0.0370. The van der Waals surface area contributed by atoms with Crippen molar-refractivity contribution >= 4 is 27.4 Å². The molecule has 0 spiro atoms. The van der Waals surface area contributed by atoms with Crippen LogP contribution < -0.4 is 10.9 Å². The van der Waals surface area contributed by atoms with Gasteiger partial charge in [0.2, 0.25) is 0 Å². The van der Waals surface area contributed by atoms with Crippen LogP contribution in [0, 0.1) is 11.3 Å².